The van der Waals surface area contributed by atoms with Gasteiger partial charge >= 0.3 is 0 Å². The van der Waals surface area contributed by atoms with Gasteiger partial charge in [0, 0.05) is 6.54 Å². The van der Waals surface area contributed by atoms with Crippen LogP contribution >= 0.6 is 15.9 Å². The van der Waals surface area contributed by atoms with Gasteiger partial charge in [0.15, 0.2) is 11.5 Å². The molecule has 0 amide bonds. The van der Waals surface area contributed by atoms with E-state index in [2.05, 4.69) is 40.3 Å². The van der Waals surface area contributed by atoms with Gasteiger partial charge in [-0.1, -0.05) is 13.3 Å². The van der Waals surface area contributed by atoms with E-state index >= 15 is 0 Å². The fraction of sp³-hybridized carbons (Fsp3) is 0.625. The van der Waals surface area contributed by atoms with Crippen LogP contribution in [0.1, 0.15) is 46.1 Å². The summed E-state index contributed by atoms with van der Waals surface area (Å²) >= 11 is 3.59. The predicted octanol–water partition coefficient (Wildman–Crippen LogP) is 4.52. The number of ether oxygens (including phenoxy) is 2. The number of unbranched alkanes of at least 4 members (excludes halogenated alkanes) is 1. The molecule has 0 aliphatic carbocycles. The molecule has 0 aliphatic heterocycles. The molecule has 0 saturated carbocycles. The summed E-state index contributed by atoms with van der Waals surface area (Å²) in [5.74, 6) is 1.60. The zero-order chi connectivity index (χ0) is 15.0. The monoisotopic (exact) mass is 343 g/mol. The van der Waals surface area contributed by atoms with Gasteiger partial charge in [-0.15, -0.1) is 0 Å². The highest BCUT2D eigenvalue weighted by Crippen LogP contribution is 2.37. The van der Waals surface area contributed by atoms with Gasteiger partial charge in [0.2, 0.25) is 0 Å². The summed E-state index contributed by atoms with van der Waals surface area (Å²) in [4.78, 5) is 0. The van der Waals surface area contributed by atoms with Gasteiger partial charge in [-0.25, -0.2) is 0 Å². The Balaban J connectivity index is 2.83. The molecule has 1 aromatic carbocycles. The fourth-order valence-corrected chi connectivity index (χ4v) is 2.45. The molecule has 1 aromatic rings. The average molecular weight is 344 g/mol. The number of hydrogen-bond acceptors (Lipinski definition) is 3. The van der Waals surface area contributed by atoms with Crippen LogP contribution in [0, 0.1) is 0 Å². The third-order valence-electron chi connectivity index (χ3n) is 2.76. The third kappa shape index (κ3) is 5.71. The number of hydrogen-bond donors (Lipinski definition) is 1. The predicted molar refractivity (Wildman–Crippen MR) is 87.7 cm³/mol. The molecule has 0 aromatic heterocycles. The zero-order valence-electron chi connectivity index (χ0n) is 13.0. The Labute approximate surface area is 131 Å². The number of nitrogens with one attached hydrogen (secondary N) is 1. The molecule has 20 heavy (non-hydrogen) atoms. The lowest BCUT2D eigenvalue weighted by Gasteiger charge is -2.17. The van der Waals surface area contributed by atoms with Crippen LogP contribution in [0.5, 0.6) is 11.5 Å². The minimum absolute atomic E-state index is 0.124. The fourth-order valence-electron chi connectivity index (χ4n) is 1.87. The van der Waals surface area contributed by atoms with Gasteiger partial charge in [-0.05, 0) is 67.4 Å². The molecule has 0 radical (unpaired) electrons. The summed E-state index contributed by atoms with van der Waals surface area (Å²) in [6.45, 7) is 10.7. The number of benzene rings is 1. The molecule has 114 valence electrons. The Kier molecular flexibility index (Phi) is 8.00. The highest BCUT2D eigenvalue weighted by molar-refractivity contribution is 9.10. The van der Waals surface area contributed by atoms with Gasteiger partial charge in [0.25, 0.3) is 0 Å². The van der Waals surface area contributed by atoms with Crippen LogP contribution in [-0.2, 0) is 6.54 Å². The quantitative estimate of drug-likeness (QED) is 0.668. The molecule has 0 fully saturated rings. The molecule has 0 heterocycles. The van der Waals surface area contributed by atoms with Crippen LogP contribution in [0.4, 0.5) is 0 Å². The standard InChI is InChI=1S/C16H26BrNO2/c1-5-7-8-18-11-13-9-14(17)16(20-12(3)4)15(10-13)19-6-2/h9-10,12,18H,5-8,11H2,1-4H3. The van der Waals surface area contributed by atoms with Crippen molar-refractivity contribution in [2.75, 3.05) is 13.2 Å². The van der Waals surface area contributed by atoms with E-state index < -0.39 is 0 Å². The van der Waals surface area contributed by atoms with E-state index in [1.54, 1.807) is 0 Å². The Morgan fingerprint density at radius 1 is 1.25 bits per heavy atom. The smallest absolute Gasteiger partial charge is 0.175 e. The van der Waals surface area contributed by atoms with Gasteiger partial charge in [0.05, 0.1) is 17.2 Å². The van der Waals surface area contributed by atoms with E-state index in [0.29, 0.717) is 6.61 Å². The van der Waals surface area contributed by atoms with Crippen LogP contribution in [0.25, 0.3) is 0 Å². The lowest BCUT2D eigenvalue weighted by molar-refractivity contribution is 0.222. The molecule has 0 aliphatic rings. The van der Waals surface area contributed by atoms with Gasteiger partial charge in [0.1, 0.15) is 0 Å². The minimum atomic E-state index is 0.124. The second-order valence-electron chi connectivity index (χ2n) is 5.03. The molecular weight excluding hydrogens is 318 g/mol. The third-order valence-corrected chi connectivity index (χ3v) is 3.35. The van der Waals surface area contributed by atoms with Crippen molar-refractivity contribution in [3.8, 4) is 11.5 Å². The van der Waals surface area contributed by atoms with Crippen molar-refractivity contribution in [1.82, 2.24) is 5.32 Å². The summed E-state index contributed by atoms with van der Waals surface area (Å²) < 4.78 is 12.5. The van der Waals surface area contributed by atoms with Crippen molar-refractivity contribution in [3.05, 3.63) is 22.2 Å². The van der Waals surface area contributed by atoms with E-state index in [1.807, 2.05) is 20.8 Å². The van der Waals surface area contributed by atoms with E-state index in [-0.39, 0.29) is 6.10 Å². The molecule has 3 nitrogen and oxygen atoms in total. The van der Waals surface area contributed by atoms with Gasteiger partial charge in [-0.3, -0.25) is 0 Å². The maximum absolute atomic E-state index is 5.83. The summed E-state index contributed by atoms with van der Waals surface area (Å²) in [7, 11) is 0. The highest BCUT2D eigenvalue weighted by Gasteiger charge is 2.13. The van der Waals surface area contributed by atoms with Crippen molar-refractivity contribution in [3.63, 3.8) is 0 Å². The van der Waals surface area contributed by atoms with Crippen LogP contribution in [0.2, 0.25) is 0 Å². The van der Waals surface area contributed by atoms with Gasteiger partial charge < -0.3 is 14.8 Å². The first-order valence-corrected chi connectivity index (χ1v) is 8.20. The van der Waals surface area contributed by atoms with Crippen LogP contribution in [-0.4, -0.2) is 19.3 Å². The minimum Gasteiger partial charge on any atom is -0.490 e. The Hall–Kier alpha value is -0.740. The number of rotatable bonds is 9. The summed E-state index contributed by atoms with van der Waals surface area (Å²) in [6.07, 6.45) is 2.54. The topological polar surface area (TPSA) is 30.5 Å². The molecule has 0 spiro atoms. The largest absolute Gasteiger partial charge is 0.490 e. The van der Waals surface area contributed by atoms with Crippen molar-refractivity contribution in [1.29, 1.82) is 0 Å². The SMILES string of the molecule is CCCCNCc1cc(Br)c(OC(C)C)c(OCC)c1. The maximum Gasteiger partial charge on any atom is 0.175 e. The summed E-state index contributed by atoms with van der Waals surface area (Å²) in [6, 6.07) is 4.16. The second kappa shape index (κ2) is 9.24. The van der Waals surface area contributed by atoms with Gasteiger partial charge in [-0.2, -0.15) is 0 Å². The Bertz CT molecular complexity index is 408. The van der Waals surface area contributed by atoms with Crippen molar-refractivity contribution in [2.24, 2.45) is 0 Å². The van der Waals surface area contributed by atoms with E-state index in [0.717, 1.165) is 29.1 Å². The molecule has 0 saturated heterocycles. The summed E-state index contributed by atoms with van der Waals surface area (Å²) in [5.41, 5.74) is 1.20. The second-order valence-corrected chi connectivity index (χ2v) is 5.89. The molecule has 1 rings (SSSR count). The molecule has 0 atom stereocenters. The van der Waals surface area contributed by atoms with Crippen molar-refractivity contribution >= 4 is 15.9 Å². The highest BCUT2D eigenvalue weighted by atomic mass is 79.9. The normalized spacial score (nSPS) is 10.9. The molecule has 1 N–H and O–H groups in total. The lowest BCUT2D eigenvalue weighted by Crippen LogP contribution is -2.15. The first-order valence-electron chi connectivity index (χ1n) is 7.41. The van der Waals surface area contributed by atoms with Crippen molar-refractivity contribution in [2.45, 2.75) is 53.2 Å². The molecule has 4 heteroatoms. The maximum atomic E-state index is 5.83. The zero-order valence-corrected chi connectivity index (χ0v) is 14.5. The summed E-state index contributed by atoms with van der Waals surface area (Å²) in [5, 5.41) is 3.44. The number of halogens is 1. The van der Waals surface area contributed by atoms with Crippen LogP contribution in [0.3, 0.4) is 0 Å². The van der Waals surface area contributed by atoms with Crippen LogP contribution < -0.4 is 14.8 Å². The van der Waals surface area contributed by atoms with E-state index in [9.17, 15) is 0 Å². The lowest BCUT2D eigenvalue weighted by atomic mass is 10.2. The molecule has 0 unspecified atom stereocenters. The molecular formula is C16H26BrNO2. The average Bonchev–Trinajstić information content (AvgIpc) is 2.39. The first kappa shape index (κ1) is 17.3. The van der Waals surface area contributed by atoms with Crippen molar-refractivity contribution < 1.29 is 9.47 Å². The van der Waals surface area contributed by atoms with E-state index in [4.69, 9.17) is 9.47 Å². The van der Waals surface area contributed by atoms with E-state index in [1.165, 1.54) is 18.4 Å². The first-order chi connectivity index (χ1) is 9.58. The van der Waals surface area contributed by atoms with Crippen LogP contribution in [0.15, 0.2) is 16.6 Å². The molecule has 0 bridgehead atoms. The Morgan fingerprint density at radius 3 is 2.60 bits per heavy atom. The Morgan fingerprint density at radius 2 is 2.00 bits per heavy atom.